The lowest BCUT2D eigenvalue weighted by Gasteiger charge is -2.73. The molecule has 0 amide bonds. The third-order valence-corrected chi connectivity index (χ3v) is 7.83. The fourth-order valence-corrected chi connectivity index (χ4v) is 6.27. The normalized spacial score (nSPS) is 31.0. The molecular weight excluding hydrogens is 447 g/mol. The Morgan fingerprint density at radius 1 is 1.03 bits per heavy atom. The third-order valence-electron chi connectivity index (χ3n) is 7.83. The molecule has 8 heteroatoms. The Morgan fingerprint density at radius 2 is 1.66 bits per heavy atom. The van der Waals surface area contributed by atoms with Crippen LogP contribution in [0, 0.1) is 23.2 Å². The number of carbonyl (C=O) groups is 2. The SMILES string of the molecule is C[C@H]1C2[C@H]3OB(Cc4cccc(C(=O)OC(C)(C)C)c4OC(=O)OC(C)(C)C)O[C@@]3(C)[C@@H]2C1(C)C. The van der Waals surface area contributed by atoms with E-state index in [2.05, 4.69) is 27.7 Å². The van der Waals surface area contributed by atoms with E-state index in [0.717, 1.165) is 0 Å². The molecule has 192 valence electrons. The number of benzene rings is 1. The van der Waals surface area contributed by atoms with Crippen molar-refractivity contribution in [3.63, 3.8) is 0 Å². The van der Waals surface area contributed by atoms with Gasteiger partial charge in [0.25, 0.3) is 0 Å². The van der Waals surface area contributed by atoms with Crippen molar-refractivity contribution < 1.29 is 33.1 Å². The highest BCUT2D eigenvalue weighted by molar-refractivity contribution is 6.45. The molecule has 1 heterocycles. The van der Waals surface area contributed by atoms with Crippen LogP contribution in [0.2, 0.25) is 0 Å². The molecule has 0 bridgehead atoms. The zero-order chi connectivity index (χ0) is 26.1. The van der Waals surface area contributed by atoms with Gasteiger partial charge >= 0.3 is 19.2 Å². The van der Waals surface area contributed by atoms with Gasteiger partial charge in [-0.3, -0.25) is 0 Å². The van der Waals surface area contributed by atoms with E-state index in [-0.39, 0.29) is 28.4 Å². The van der Waals surface area contributed by atoms with Crippen molar-refractivity contribution >= 4 is 19.2 Å². The largest absolute Gasteiger partial charge is 0.514 e. The molecule has 35 heavy (non-hydrogen) atoms. The third kappa shape index (κ3) is 4.60. The predicted octanol–water partition coefficient (Wildman–Crippen LogP) is 5.62. The molecule has 1 saturated heterocycles. The lowest BCUT2D eigenvalue weighted by atomic mass is 9.34. The highest BCUT2D eigenvalue weighted by Gasteiger charge is 2.78. The number of fused-ring (bicyclic) bond motifs is 4. The quantitative estimate of drug-likeness (QED) is 0.310. The number of hydrogen-bond acceptors (Lipinski definition) is 7. The van der Waals surface area contributed by atoms with Crippen LogP contribution in [-0.4, -0.2) is 42.2 Å². The van der Waals surface area contributed by atoms with Crippen LogP contribution in [0.4, 0.5) is 4.79 Å². The fraction of sp³-hybridized carbons (Fsp3) is 0.704. The van der Waals surface area contributed by atoms with Gasteiger partial charge in [0.1, 0.15) is 16.8 Å². The first-order valence-electron chi connectivity index (χ1n) is 12.5. The average Bonchev–Trinajstić information content (AvgIpc) is 2.92. The first-order valence-corrected chi connectivity index (χ1v) is 12.5. The highest BCUT2D eigenvalue weighted by Crippen LogP contribution is 2.72. The monoisotopic (exact) mass is 486 g/mol. The number of hydrogen-bond donors (Lipinski definition) is 0. The molecule has 5 atom stereocenters. The van der Waals surface area contributed by atoms with Crippen LogP contribution in [0.3, 0.4) is 0 Å². The summed E-state index contributed by atoms with van der Waals surface area (Å²) in [7, 11) is -0.506. The van der Waals surface area contributed by atoms with E-state index < -0.39 is 30.4 Å². The molecule has 0 aromatic heterocycles. The summed E-state index contributed by atoms with van der Waals surface area (Å²) in [5.74, 6) is 1.04. The van der Waals surface area contributed by atoms with Crippen molar-refractivity contribution in [3.8, 4) is 5.75 Å². The molecule has 1 unspecified atom stereocenters. The summed E-state index contributed by atoms with van der Waals surface area (Å²) in [6.45, 7) is 19.6. The second kappa shape index (κ2) is 8.24. The molecule has 7 nitrogen and oxygen atoms in total. The van der Waals surface area contributed by atoms with E-state index in [0.29, 0.717) is 29.6 Å². The first kappa shape index (κ1) is 26.0. The average molecular weight is 486 g/mol. The van der Waals surface area contributed by atoms with Gasteiger partial charge in [-0.15, -0.1) is 0 Å². The standard InChI is InChI=1S/C27H39BO7/c1-15-18-20(26(15,8)9)27(10)21(18)34-28(35-27)14-16-12-11-13-17(22(29)32-24(2,3)4)19(16)31-23(30)33-25(5,6)7/h11-13,15,18,20-21H,14H2,1-10H3/t15-,18?,20-,21+,27-/m0/s1. The first-order chi connectivity index (χ1) is 15.9. The van der Waals surface area contributed by atoms with Crippen molar-refractivity contribution in [2.75, 3.05) is 0 Å². The Kier molecular flexibility index (Phi) is 6.12. The minimum absolute atomic E-state index is 0.0461. The van der Waals surface area contributed by atoms with Crippen LogP contribution in [0.15, 0.2) is 18.2 Å². The van der Waals surface area contributed by atoms with Gasteiger partial charge in [0, 0.05) is 6.32 Å². The van der Waals surface area contributed by atoms with Crippen molar-refractivity contribution in [1.29, 1.82) is 0 Å². The van der Waals surface area contributed by atoms with E-state index in [9.17, 15) is 9.59 Å². The van der Waals surface area contributed by atoms with Crippen molar-refractivity contribution in [3.05, 3.63) is 29.3 Å². The van der Waals surface area contributed by atoms with Gasteiger partial charge in [-0.25, -0.2) is 9.59 Å². The predicted molar refractivity (Wildman–Crippen MR) is 132 cm³/mol. The summed E-state index contributed by atoms with van der Waals surface area (Å²) in [5.41, 5.74) is -0.800. The number of para-hydroxylation sites is 1. The number of esters is 1. The molecular formula is C27H39BO7. The van der Waals surface area contributed by atoms with Crippen LogP contribution >= 0.6 is 0 Å². The number of rotatable bonds is 4. The van der Waals surface area contributed by atoms with Crippen LogP contribution in [-0.2, 0) is 25.1 Å². The van der Waals surface area contributed by atoms with E-state index in [4.69, 9.17) is 23.5 Å². The van der Waals surface area contributed by atoms with Crippen molar-refractivity contribution in [2.24, 2.45) is 23.2 Å². The summed E-state index contributed by atoms with van der Waals surface area (Å²) in [6, 6.07) is 5.14. The molecule has 2 saturated carbocycles. The van der Waals surface area contributed by atoms with Gasteiger partial charge in [0.2, 0.25) is 0 Å². The minimum atomic E-state index is -0.885. The molecule has 0 N–H and O–H groups in total. The molecule has 0 radical (unpaired) electrons. The van der Waals surface area contributed by atoms with E-state index in [1.165, 1.54) is 0 Å². The molecule has 1 aromatic rings. The molecule has 1 aliphatic heterocycles. The second-order valence-corrected chi connectivity index (χ2v) is 13.0. The summed E-state index contributed by atoms with van der Waals surface area (Å²) in [5, 5.41) is 0. The van der Waals surface area contributed by atoms with Gasteiger partial charge < -0.3 is 23.5 Å². The lowest BCUT2D eigenvalue weighted by molar-refractivity contribution is -0.300. The number of carbonyl (C=O) groups excluding carboxylic acids is 2. The Hall–Kier alpha value is -2.06. The topological polar surface area (TPSA) is 80.3 Å². The molecule has 1 aromatic carbocycles. The maximum atomic E-state index is 13.0. The van der Waals surface area contributed by atoms with Gasteiger partial charge in [0.05, 0.1) is 11.7 Å². The van der Waals surface area contributed by atoms with E-state index >= 15 is 0 Å². The highest BCUT2D eigenvalue weighted by atomic mass is 16.7. The zero-order valence-electron chi connectivity index (χ0n) is 22.7. The Bertz CT molecular complexity index is 1020. The molecule has 3 fully saturated rings. The van der Waals surface area contributed by atoms with Gasteiger partial charge in [-0.05, 0) is 83.3 Å². The number of ether oxygens (including phenoxy) is 3. The molecule has 2 aliphatic carbocycles. The van der Waals surface area contributed by atoms with E-state index in [1.807, 2.05) is 6.07 Å². The Morgan fingerprint density at radius 3 is 2.26 bits per heavy atom. The summed E-state index contributed by atoms with van der Waals surface area (Å²) in [6.07, 6.45) is -0.511. The summed E-state index contributed by atoms with van der Waals surface area (Å²) in [4.78, 5) is 25.6. The van der Waals surface area contributed by atoms with Gasteiger partial charge in [-0.1, -0.05) is 32.9 Å². The molecule has 3 aliphatic rings. The summed E-state index contributed by atoms with van der Waals surface area (Å²) >= 11 is 0. The smallest absolute Gasteiger partial charge is 0.456 e. The maximum absolute atomic E-state index is 13.0. The van der Waals surface area contributed by atoms with Gasteiger partial charge in [0.15, 0.2) is 5.75 Å². The van der Waals surface area contributed by atoms with Crippen LogP contribution in [0.25, 0.3) is 0 Å². The molecule has 4 rings (SSSR count). The maximum Gasteiger partial charge on any atom is 0.514 e. The zero-order valence-corrected chi connectivity index (χ0v) is 22.7. The van der Waals surface area contributed by atoms with Crippen LogP contribution < -0.4 is 4.74 Å². The van der Waals surface area contributed by atoms with Crippen LogP contribution in [0.1, 0.15) is 85.2 Å². The van der Waals surface area contributed by atoms with Crippen molar-refractivity contribution in [1.82, 2.24) is 0 Å². The van der Waals surface area contributed by atoms with Gasteiger partial charge in [-0.2, -0.15) is 0 Å². The van der Waals surface area contributed by atoms with Crippen LogP contribution in [0.5, 0.6) is 5.75 Å². The fourth-order valence-electron chi connectivity index (χ4n) is 6.27. The molecule has 0 spiro atoms. The lowest BCUT2D eigenvalue weighted by Crippen LogP contribution is -2.78. The Labute approximate surface area is 209 Å². The second-order valence-electron chi connectivity index (χ2n) is 13.0. The summed E-state index contributed by atoms with van der Waals surface area (Å²) < 4.78 is 29.4. The Balaban J connectivity index is 1.59. The minimum Gasteiger partial charge on any atom is -0.456 e. The van der Waals surface area contributed by atoms with E-state index in [1.54, 1.807) is 53.7 Å². The van der Waals surface area contributed by atoms with Crippen molar-refractivity contribution in [2.45, 2.75) is 98.5 Å².